The minimum atomic E-state index is -0.974. The Hall–Kier alpha value is -1.65. The van der Waals surface area contributed by atoms with Crippen LogP contribution in [-0.4, -0.2) is 27.6 Å². The fourth-order valence-electron chi connectivity index (χ4n) is 1.63. The van der Waals surface area contributed by atoms with Crippen molar-refractivity contribution < 1.29 is 9.90 Å². The molecule has 0 saturated heterocycles. The summed E-state index contributed by atoms with van der Waals surface area (Å²) < 4.78 is 0. The van der Waals surface area contributed by atoms with Crippen LogP contribution in [0.15, 0.2) is 6.33 Å². The third-order valence-electron chi connectivity index (χ3n) is 2.42. The largest absolute Gasteiger partial charge is 0.476 e. The zero-order chi connectivity index (χ0) is 10.8. The summed E-state index contributed by atoms with van der Waals surface area (Å²) in [5.41, 5.74) is 0.912. The fraction of sp³-hybridized carbons (Fsp3) is 0.500. The number of anilines is 1. The molecule has 80 valence electrons. The van der Waals surface area contributed by atoms with Crippen LogP contribution in [0, 0.1) is 0 Å². The van der Waals surface area contributed by atoms with Gasteiger partial charge in [-0.15, -0.1) is 0 Å². The van der Waals surface area contributed by atoms with Crippen LogP contribution in [0.2, 0.25) is 0 Å². The lowest BCUT2D eigenvalue weighted by molar-refractivity contribution is 0.0689. The van der Waals surface area contributed by atoms with E-state index in [0.29, 0.717) is 11.7 Å². The second-order valence-corrected chi connectivity index (χ2v) is 3.59. The Morgan fingerprint density at radius 1 is 1.60 bits per heavy atom. The van der Waals surface area contributed by atoms with Crippen molar-refractivity contribution in [1.82, 2.24) is 9.97 Å². The Labute approximate surface area is 87.6 Å². The fourth-order valence-corrected chi connectivity index (χ4v) is 1.63. The van der Waals surface area contributed by atoms with Gasteiger partial charge in [0.1, 0.15) is 12.1 Å². The number of hydrogen-bond donors (Lipinski definition) is 2. The van der Waals surface area contributed by atoms with Gasteiger partial charge in [-0.3, -0.25) is 0 Å². The van der Waals surface area contributed by atoms with Crippen molar-refractivity contribution in [2.24, 2.45) is 0 Å². The van der Waals surface area contributed by atoms with Crippen LogP contribution in [0.3, 0.4) is 0 Å². The first-order chi connectivity index (χ1) is 7.24. The van der Waals surface area contributed by atoms with Gasteiger partial charge in [0.2, 0.25) is 0 Å². The van der Waals surface area contributed by atoms with Gasteiger partial charge in [0, 0.05) is 12.1 Å². The first-order valence-corrected chi connectivity index (χ1v) is 5.06. The quantitative estimate of drug-likeness (QED) is 0.782. The molecule has 0 amide bonds. The summed E-state index contributed by atoms with van der Waals surface area (Å²) in [4.78, 5) is 18.9. The van der Waals surface area contributed by atoms with Gasteiger partial charge >= 0.3 is 5.97 Å². The van der Waals surface area contributed by atoms with E-state index in [0.717, 1.165) is 24.9 Å². The molecule has 2 N–H and O–H groups in total. The highest BCUT2D eigenvalue weighted by molar-refractivity contribution is 5.89. The van der Waals surface area contributed by atoms with Crippen molar-refractivity contribution in [3.8, 4) is 0 Å². The Morgan fingerprint density at radius 3 is 2.87 bits per heavy atom. The number of carboxylic acids is 1. The van der Waals surface area contributed by atoms with E-state index >= 15 is 0 Å². The zero-order valence-corrected chi connectivity index (χ0v) is 8.53. The average Bonchev–Trinajstić information content (AvgIpc) is 3.01. The number of carbonyl (C=O) groups is 1. The van der Waals surface area contributed by atoms with Crippen molar-refractivity contribution >= 4 is 11.8 Å². The number of hydrogen-bond acceptors (Lipinski definition) is 4. The monoisotopic (exact) mass is 207 g/mol. The van der Waals surface area contributed by atoms with Gasteiger partial charge in [-0.2, -0.15) is 0 Å². The molecule has 1 fully saturated rings. The van der Waals surface area contributed by atoms with Gasteiger partial charge in [0.05, 0.1) is 0 Å². The maximum atomic E-state index is 11.0. The van der Waals surface area contributed by atoms with Gasteiger partial charge in [0.15, 0.2) is 5.69 Å². The van der Waals surface area contributed by atoms with Crippen LogP contribution < -0.4 is 5.32 Å². The Kier molecular flexibility index (Phi) is 2.53. The van der Waals surface area contributed by atoms with E-state index in [1.54, 1.807) is 0 Å². The lowest BCUT2D eigenvalue weighted by Crippen LogP contribution is -2.11. The molecule has 0 unspecified atom stereocenters. The summed E-state index contributed by atoms with van der Waals surface area (Å²) >= 11 is 0. The highest BCUT2D eigenvalue weighted by Crippen LogP contribution is 2.43. The summed E-state index contributed by atoms with van der Waals surface area (Å²) in [6.45, 7) is 2.69. The second kappa shape index (κ2) is 3.84. The van der Waals surface area contributed by atoms with Crippen LogP contribution in [-0.2, 0) is 0 Å². The summed E-state index contributed by atoms with van der Waals surface area (Å²) in [6.07, 6.45) is 3.37. The molecule has 5 heteroatoms. The first-order valence-electron chi connectivity index (χ1n) is 5.06. The number of carboxylic acid groups (broad SMARTS) is 1. The van der Waals surface area contributed by atoms with Crippen molar-refractivity contribution in [3.05, 3.63) is 17.6 Å². The summed E-state index contributed by atoms with van der Waals surface area (Å²) in [6, 6.07) is 0. The van der Waals surface area contributed by atoms with Gasteiger partial charge in [0.25, 0.3) is 0 Å². The minimum absolute atomic E-state index is 0.142. The molecule has 1 aromatic rings. The average molecular weight is 207 g/mol. The van der Waals surface area contributed by atoms with E-state index in [4.69, 9.17) is 5.11 Å². The van der Waals surface area contributed by atoms with Crippen LogP contribution in [0.25, 0.3) is 0 Å². The minimum Gasteiger partial charge on any atom is -0.476 e. The van der Waals surface area contributed by atoms with E-state index < -0.39 is 5.97 Å². The van der Waals surface area contributed by atoms with E-state index in [-0.39, 0.29) is 5.69 Å². The molecule has 0 aromatic carbocycles. The zero-order valence-electron chi connectivity index (χ0n) is 8.53. The second-order valence-electron chi connectivity index (χ2n) is 3.59. The third kappa shape index (κ3) is 1.91. The molecule has 15 heavy (non-hydrogen) atoms. The molecule has 2 rings (SSSR count). The van der Waals surface area contributed by atoms with Crippen molar-refractivity contribution in [1.29, 1.82) is 0 Å². The van der Waals surface area contributed by atoms with Gasteiger partial charge in [-0.25, -0.2) is 14.8 Å². The summed E-state index contributed by atoms with van der Waals surface area (Å²) in [5.74, 6) is 0.0252. The third-order valence-corrected chi connectivity index (χ3v) is 2.42. The van der Waals surface area contributed by atoms with Crippen LogP contribution in [0.4, 0.5) is 5.82 Å². The molecule has 5 nitrogen and oxygen atoms in total. The van der Waals surface area contributed by atoms with Gasteiger partial charge in [-0.05, 0) is 25.7 Å². The maximum Gasteiger partial charge on any atom is 0.354 e. The lowest BCUT2D eigenvalue weighted by atomic mass is 10.1. The molecule has 0 aliphatic heterocycles. The number of nitrogens with one attached hydrogen (secondary N) is 1. The number of nitrogens with zero attached hydrogens (tertiary/aromatic N) is 2. The Bertz CT molecular complexity index is 388. The van der Waals surface area contributed by atoms with Crippen LogP contribution >= 0.6 is 0 Å². The lowest BCUT2D eigenvalue weighted by Gasteiger charge is -2.10. The molecule has 0 spiro atoms. The van der Waals surface area contributed by atoms with Crippen molar-refractivity contribution in [3.63, 3.8) is 0 Å². The van der Waals surface area contributed by atoms with Gasteiger partial charge in [-0.1, -0.05) is 0 Å². The molecule has 1 saturated carbocycles. The molecule has 1 aliphatic carbocycles. The normalized spacial score (nSPS) is 15.0. The smallest absolute Gasteiger partial charge is 0.354 e. The SMILES string of the molecule is CCNc1ncnc(C(=O)O)c1C1CC1. The first kappa shape index (κ1) is 9.89. The molecular formula is C10H13N3O2. The van der Waals surface area contributed by atoms with Crippen LogP contribution in [0.1, 0.15) is 41.7 Å². The van der Waals surface area contributed by atoms with Gasteiger partial charge < -0.3 is 10.4 Å². The standard InChI is InChI=1S/C10H13N3O2/c1-2-11-9-7(6-3-4-6)8(10(14)15)12-5-13-9/h5-6H,2-4H2,1H3,(H,14,15)(H,11,12,13). The van der Waals surface area contributed by atoms with E-state index in [1.165, 1.54) is 6.33 Å². The highest BCUT2D eigenvalue weighted by Gasteiger charge is 2.32. The molecule has 1 aromatic heterocycles. The maximum absolute atomic E-state index is 11.0. The van der Waals surface area contributed by atoms with E-state index in [9.17, 15) is 4.79 Å². The van der Waals surface area contributed by atoms with E-state index in [1.807, 2.05) is 6.92 Å². The molecule has 1 heterocycles. The Balaban J connectivity index is 2.45. The summed E-state index contributed by atoms with van der Waals surface area (Å²) in [5, 5.41) is 12.1. The molecule has 0 atom stereocenters. The summed E-state index contributed by atoms with van der Waals surface area (Å²) in [7, 11) is 0. The number of aromatic nitrogens is 2. The Morgan fingerprint density at radius 2 is 2.33 bits per heavy atom. The van der Waals surface area contributed by atoms with Crippen molar-refractivity contribution in [2.75, 3.05) is 11.9 Å². The predicted molar refractivity (Wildman–Crippen MR) is 55.1 cm³/mol. The highest BCUT2D eigenvalue weighted by atomic mass is 16.4. The number of rotatable bonds is 4. The van der Waals surface area contributed by atoms with Crippen LogP contribution in [0.5, 0.6) is 0 Å². The number of aromatic carboxylic acids is 1. The predicted octanol–water partition coefficient (Wildman–Crippen LogP) is 1.48. The topological polar surface area (TPSA) is 75.1 Å². The van der Waals surface area contributed by atoms with E-state index in [2.05, 4.69) is 15.3 Å². The molecule has 1 aliphatic rings. The molecule has 0 bridgehead atoms. The van der Waals surface area contributed by atoms with Crippen molar-refractivity contribution in [2.45, 2.75) is 25.7 Å². The molecule has 0 radical (unpaired) electrons. The molecular weight excluding hydrogens is 194 g/mol.